The molecule has 0 aliphatic rings. The van der Waals surface area contributed by atoms with Crippen LogP contribution in [0.5, 0.6) is 0 Å². The van der Waals surface area contributed by atoms with Crippen LogP contribution in [0.1, 0.15) is 23.1 Å². The van der Waals surface area contributed by atoms with Crippen molar-refractivity contribution in [3.8, 4) is 0 Å². The second-order valence-electron chi connectivity index (χ2n) is 4.11. The summed E-state index contributed by atoms with van der Waals surface area (Å²) in [5.41, 5.74) is 7.34. The van der Waals surface area contributed by atoms with Crippen LogP contribution in [0.2, 0.25) is 0 Å². The van der Waals surface area contributed by atoms with Gasteiger partial charge in [-0.05, 0) is 29.5 Å². The summed E-state index contributed by atoms with van der Waals surface area (Å²) in [5, 5.41) is 1.98. The lowest BCUT2D eigenvalue weighted by atomic mass is 10.2. The Morgan fingerprint density at radius 1 is 1.47 bits per heavy atom. The predicted molar refractivity (Wildman–Crippen MR) is 76.4 cm³/mol. The smallest absolute Gasteiger partial charge is 0.242 e. The molecule has 0 aromatic carbocycles. The van der Waals surface area contributed by atoms with Crippen LogP contribution in [-0.4, -0.2) is 13.4 Å². The van der Waals surface area contributed by atoms with Gasteiger partial charge in [0, 0.05) is 29.9 Å². The van der Waals surface area contributed by atoms with E-state index < -0.39 is 10.0 Å². The Kier molecular flexibility index (Phi) is 4.41. The minimum Gasteiger partial charge on any atom is -0.363 e. The average Bonchev–Trinajstić information content (AvgIpc) is 3.05. The van der Waals surface area contributed by atoms with Crippen molar-refractivity contribution in [2.75, 3.05) is 0 Å². The summed E-state index contributed by atoms with van der Waals surface area (Å²) in [7, 11) is -3.48. The molecule has 2 heterocycles. The van der Waals surface area contributed by atoms with E-state index in [0.717, 1.165) is 11.3 Å². The van der Waals surface area contributed by atoms with Crippen molar-refractivity contribution in [3.63, 3.8) is 0 Å². The highest BCUT2D eigenvalue weighted by atomic mass is 32.2. The third-order valence-corrected chi connectivity index (χ3v) is 5.23. The van der Waals surface area contributed by atoms with Gasteiger partial charge in [-0.1, -0.05) is 6.92 Å². The molecule has 0 saturated carbocycles. The first kappa shape index (κ1) is 14.3. The number of nitrogens with two attached hydrogens (primary N) is 1. The Hall–Kier alpha value is -1.15. The van der Waals surface area contributed by atoms with Crippen LogP contribution in [0.3, 0.4) is 0 Å². The predicted octanol–water partition coefficient (Wildman–Crippen LogP) is 1.58. The molecular formula is C12H17N3O2S2. The average molecular weight is 299 g/mol. The highest BCUT2D eigenvalue weighted by Crippen LogP contribution is 2.18. The molecule has 19 heavy (non-hydrogen) atoms. The van der Waals surface area contributed by atoms with Crippen molar-refractivity contribution in [3.05, 3.63) is 39.8 Å². The van der Waals surface area contributed by atoms with Crippen molar-refractivity contribution >= 4 is 21.4 Å². The van der Waals surface area contributed by atoms with Crippen LogP contribution in [0, 0.1) is 0 Å². The van der Waals surface area contributed by atoms with E-state index in [1.807, 2.05) is 11.4 Å². The number of sulfonamides is 1. The third-order valence-electron chi connectivity index (χ3n) is 2.89. The van der Waals surface area contributed by atoms with E-state index in [2.05, 4.69) is 16.6 Å². The van der Waals surface area contributed by atoms with Gasteiger partial charge in [0.2, 0.25) is 10.0 Å². The molecule has 4 N–H and O–H groups in total. The van der Waals surface area contributed by atoms with Crippen LogP contribution >= 0.6 is 11.3 Å². The second-order valence-corrected chi connectivity index (χ2v) is 6.88. The zero-order valence-corrected chi connectivity index (χ0v) is 12.3. The van der Waals surface area contributed by atoms with E-state index in [1.165, 1.54) is 11.8 Å². The number of thiophene rings is 1. The maximum absolute atomic E-state index is 12.1. The number of aromatic amines is 1. The third kappa shape index (κ3) is 3.24. The summed E-state index contributed by atoms with van der Waals surface area (Å²) >= 11 is 1.56. The number of hydrogen-bond donors (Lipinski definition) is 3. The molecule has 2 aromatic rings. The Bertz CT molecular complexity index is 643. The summed E-state index contributed by atoms with van der Waals surface area (Å²) in [5.74, 6) is 0. The number of aromatic nitrogens is 1. The fourth-order valence-electron chi connectivity index (χ4n) is 1.77. The topological polar surface area (TPSA) is 88.0 Å². The van der Waals surface area contributed by atoms with E-state index >= 15 is 0 Å². The van der Waals surface area contributed by atoms with Crippen LogP contribution < -0.4 is 10.5 Å². The molecule has 0 fully saturated rings. The van der Waals surface area contributed by atoms with Gasteiger partial charge in [0.15, 0.2) is 0 Å². The van der Waals surface area contributed by atoms with Crippen LogP contribution in [-0.2, 0) is 29.5 Å². The van der Waals surface area contributed by atoms with Gasteiger partial charge in [0.25, 0.3) is 0 Å². The number of rotatable bonds is 6. The number of H-pyrrole nitrogens is 1. The lowest BCUT2D eigenvalue weighted by Crippen LogP contribution is -2.22. The number of nitrogens with one attached hydrogen (secondary N) is 2. The SMILES string of the molecule is CCc1ccsc1CNS(=O)(=O)c1c[nH]c(CN)c1. The van der Waals surface area contributed by atoms with Crippen molar-refractivity contribution in [1.82, 2.24) is 9.71 Å². The van der Waals surface area contributed by atoms with E-state index in [1.54, 1.807) is 17.4 Å². The largest absolute Gasteiger partial charge is 0.363 e. The molecule has 0 aliphatic carbocycles. The zero-order chi connectivity index (χ0) is 13.9. The van der Waals surface area contributed by atoms with E-state index in [9.17, 15) is 8.42 Å². The van der Waals surface area contributed by atoms with Gasteiger partial charge < -0.3 is 10.7 Å². The van der Waals surface area contributed by atoms with Gasteiger partial charge in [-0.25, -0.2) is 13.1 Å². The van der Waals surface area contributed by atoms with Crippen molar-refractivity contribution in [2.24, 2.45) is 5.73 Å². The van der Waals surface area contributed by atoms with Crippen molar-refractivity contribution in [2.45, 2.75) is 31.3 Å². The lowest BCUT2D eigenvalue weighted by molar-refractivity contribution is 0.582. The highest BCUT2D eigenvalue weighted by molar-refractivity contribution is 7.89. The summed E-state index contributed by atoms with van der Waals surface area (Å²) in [4.78, 5) is 4.12. The summed E-state index contributed by atoms with van der Waals surface area (Å²) in [6, 6.07) is 3.58. The van der Waals surface area contributed by atoms with Gasteiger partial charge in [0.05, 0.1) is 4.90 Å². The Balaban J connectivity index is 2.09. The molecule has 0 atom stereocenters. The van der Waals surface area contributed by atoms with Crippen LogP contribution in [0.25, 0.3) is 0 Å². The normalized spacial score (nSPS) is 11.9. The quantitative estimate of drug-likeness (QED) is 0.756. The molecule has 0 saturated heterocycles. The van der Waals surface area contributed by atoms with E-state index in [-0.39, 0.29) is 4.90 Å². The van der Waals surface area contributed by atoms with E-state index in [4.69, 9.17) is 5.73 Å². The highest BCUT2D eigenvalue weighted by Gasteiger charge is 2.16. The first-order valence-corrected chi connectivity index (χ1v) is 8.35. The number of aryl methyl sites for hydroxylation is 1. The monoisotopic (exact) mass is 299 g/mol. The second kappa shape index (κ2) is 5.87. The fraction of sp³-hybridized carbons (Fsp3) is 0.333. The summed E-state index contributed by atoms with van der Waals surface area (Å²) in [6.07, 6.45) is 2.36. The molecule has 5 nitrogen and oxygen atoms in total. The van der Waals surface area contributed by atoms with Gasteiger partial charge in [-0.15, -0.1) is 11.3 Å². The minimum absolute atomic E-state index is 0.225. The molecule has 0 radical (unpaired) electrons. The van der Waals surface area contributed by atoms with Crippen molar-refractivity contribution in [1.29, 1.82) is 0 Å². The zero-order valence-electron chi connectivity index (χ0n) is 10.6. The molecular weight excluding hydrogens is 282 g/mol. The lowest BCUT2D eigenvalue weighted by Gasteiger charge is -2.05. The molecule has 0 unspecified atom stereocenters. The van der Waals surface area contributed by atoms with Crippen molar-refractivity contribution < 1.29 is 8.42 Å². The Labute approximate surface area is 116 Å². The molecule has 2 rings (SSSR count). The summed E-state index contributed by atoms with van der Waals surface area (Å²) in [6.45, 7) is 2.67. The summed E-state index contributed by atoms with van der Waals surface area (Å²) < 4.78 is 26.8. The van der Waals surface area contributed by atoms with Crippen LogP contribution in [0.4, 0.5) is 0 Å². The Morgan fingerprint density at radius 3 is 2.89 bits per heavy atom. The molecule has 0 aliphatic heterocycles. The van der Waals surface area contributed by atoms with Gasteiger partial charge >= 0.3 is 0 Å². The molecule has 104 valence electrons. The molecule has 2 aromatic heterocycles. The van der Waals surface area contributed by atoms with E-state index in [0.29, 0.717) is 18.8 Å². The fourth-order valence-corrected chi connectivity index (χ4v) is 3.79. The minimum atomic E-state index is -3.48. The molecule has 0 amide bonds. The van der Waals surface area contributed by atoms with Gasteiger partial charge in [0.1, 0.15) is 0 Å². The molecule has 0 bridgehead atoms. The number of hydrogen-bond acceptors (Lipinski definition) is 4. The first-order valence-electron chi connectivity index (χ1n) is 5.99. The van der Waals surface area contributed by atoms with Gasteiger partial charge in [-0.2, -0.15) is 0 Å². The standard InChI is InChI=1S/C12H17N3O2S2/c1-2-9-3-4-18-12(9)8-15-19(16,17)11-5-10(6-13)14-7-11/h3-5,7,14-15H,2,6,8,13H2,1H3. The van der Waals surface area contributed by atoms with Gasteiger partial charge in [-0.3, -0.25) is 0 Å². The Morgan fingerprint density at radius 2 is 2.26 bits per heavy atom. The van der Waals surface area contributed by atoms with Crippen LogP contribution in [0.15, 0.2) is 28.6 Å². The maximum Gasteiger partial charge on any atom is 0.242 e. The molecule has 7 heteroatoms. The maximum atomic E-state index is 12.1. The molecule has 0 spiro atoms. The first-order chi connectivity index (χ1) is 9.06.